The first kappa shape index (κ1) is 19.8. The van der Waals surface area contributed by atoms with Gasteiger partial charge in [0.1, 0.15) is 5.69 Å². The van der Waals surface area contributed by atoms with Crippen LogP contribution in [0.25, 0.3) is 5.69 Å². The number of nitrogens with zero attached hydrogens (tertiary/aromatic N) is 4. The van der Waals surface area contributed by atoms with Crippen LogP contribution in [0.2, 0.25) is 5.02 Å². The number of aromatic carboxylic acids is 1. The smallest absolute Gasteiger partial charge is 0.356 e. The van der Waals surface area contributed by atoms with Gasteiger partial charge in [-0.3, -0.25) is 4.79 Å². The van der Waals surface area contributed by atoms with Gasteiger partial charge in [-0.05, 0) is 61.3 Å². The number of amides is 1. The van der Waals surface area contributed by atoms with E-state index in [9.17, 15) is 14.7 Å². The fourth-order valence-corrected chi connectivity index (χ4v) is 4.61. The summed E-state index contributed by atoms with van der Waals surface area (Å²) >= 11 is 6.13. The lowest BCUT2D eigenvalue weighted by molar-refractivity contribution is 0.0688. The molecule has 31 heavy (non-hydrogen) atoms. The average Bonchev–Trinajstić information content (AvgIpc) is 3.14. The van der Waals surface area contributed by atoms with E-state index in [-0.39, 0.29) is 17.3 Å². The number of carbonyl (C=O) groups is 2. The van der Waals surface area contributed by atoms with E-state index >= 15 is 0 Å². The Bertz CT molecular complexity index is 1220. The summed E-state index contributed by atoms with van der Waals surface area (Å²) in [5.41, 5.74) is 4.56. The van der Waals surface area contributed by atoms with Gasteiger partial charge in [0.05, 0.1) is 5.69 Å². The van der Waals surface area contributed by atoms with Crippen molar-refractivity contribution in [2.75, 3.05) is 25.0 Å². The maximum Gasteiger partial charge on any atom is 0.356 e. The highest BCUT2D eigenvalue weighted by molar-refractivity contribution is 6.30. The van der Waals surface area contributed by atoms with Crippen LogP contribution in [0.1, 0.15) is 37.7 Å². The maximum atomic E-state index is 13.6. The van der Waals surface area contributed by atoms with Crippen molar-refractivity contribution in [1.29, 1.82) is 0 Å². The van der Waals surface area contributed by atoms with Crippen LogP contribution in [-0.4, -0.2) is 51.8 Å². The minimum absolute atomic E-state index is 0.0879. The molecule has 2 aliphatic rings. The van der Waals surface area contributed by atoms with E-state index < -0.39 is 5.97 Å². The normalized spacial score (nSPS) is 16.2. The van der Waals surface area contributed by atoms with Gasteiger partial charge in [-0.25, -0.2) is 9.48 Å². The number of carboxylic acids is 1. The second-order valence-corrected chi connectivity index (χ2v) is 8.46. The third-order valence-corrected chi connectivity index (χ3v) is 6.21. The molecule has 1 N–H and O–H groups in total. The summed E-state index contributed by atoms with van der Waals surface area (Å²) in [5.74, 6) is -1.40. The molecule has 3 aromatic rings. The Morgan fingerprint density at radius 1 is 1.06 bits per heavy atom. The molecule has 0 atom stereocenters. The molecule has 1 aromatic heterocycles. The molecule has 0 saturated carbocycles. The number of carbonyl (C=O) groups excluding carboxylic acids is 1. The number of fused-ring (bicyclic) bond motifs is 2. The number of anilines is 1. The third kappa shape index (κ3) is 3.40. The quantitative estimate of drug-likeness (QED) is 0.680. The first-order valence-electron chi connectivity index (χ1n) is 10.2. The lowest BCUT2D eigenvalue weighted by Gasteiger charge is -2.30. The van der Waals surface area contributed by atoms with Crippen LogP contribution < -0.4 is 4.90 Å². The Morgan fingerprint density at radius 2 is 1.90 bits per heavy atom. The summed E-state index contributed by atoms with van der Waals surface area (Å²) in [6.45, 7) is 2.27. The minimum Gasteiger partial charge on any atom is -0.476 e. The van der Waals surface area contributed by atoms with Crippen molar-refractivity contribution >= 4 is 29.2 Å². The standard InChI is InChI=1S/C23H21ClN4O3/c1-26-9-7-14-5-6-17(11-15(14)13-26)27-10-8-19-20(23(30)31)25-28(21(19)22(27)29)18-4-2-3-16(24)12-18/h2-6,11-12H,7-10,13H2,1H3,(H,30,31). The van der Waals surface area contributed by atoms with Gasteiger partial charge in [-0.1, -0.05) is 23.7 Å². The highest BCUT2D eigenvalue weighted by atomic mass is 35.5. The Morgan fingerprint density at radius 3 is 2.68 bits per heavy atom. The summed E-state index contributed by atoms with van der Waals surface area (Å²) in [4.78, 5) is 29.4. The lowest BCUT2D eigenvalue weighted by atomic mass is 9.97. The largest absolute Gasteiger partial charge is 0.476 e. The number of likely N-dealkylation sites (N-methyl/N-ethyl adjacent to an activating group) is 1. The molecule has 0 fully saturated rings. The van der Waals surface area contributed by atoms with Crippen LogP contribution in [-0.2, 0) is 19.4 Å². The molecule has 158 valence electrons. The van der Waals surface area contributed by atoms with E-state index in [4.69, 9.17) is 11.6 Å². The van der Waals surface area contributed by atoms with Crippen LogP contribution in [0, 0.1) is 0 Å². The minimum atomic E-state index is -1.14. The molecule has 0 bridgehead atoms. The second kappa shape index (κ2) is 7.51. The molecule has 0 saturated heterocycles. The van der Waals surface area contributed by atoms with Crippen LogP contribution in [0.15, 0.2) is 42.5 Å². The summed E-state index contributed by atoms with van der Waals surface area (Å²) in [5, 5.41) is 14.4. The Hall–Kier alpha value is -3.16. The topological polar surface area (TPSA) is 78.7 Å². The van der Waals surface area contributed by atoms with E-state index in [1.54, 1.807) is 29.2 Å². The molecule has 8 heteroatoms. The van der Waals surface area contributed by atoms with Crippen LogP contribution in [0.5, 0.6) is 0 Å². The number of hydrogen-bond acceptors (Lipinski definition) is 4. The first-order valence-corrected chi connectivity index (χ1v) is 10.5. The maximum absolute atomic E-state index is 13.6. The van der Waals surface area contributed by atoms with Gasteiger partial charge in [-0.15, -0.1) is 0 Å². The van der Waals surface area contributed by atoms with Crippen molar-refractivity contribution in [3.05, 3.63) is 75.6 Å². The molecule has 0 spiro atoms. The highest BCUT2D eigenvalue weighted by Gasteiger charge is 2.35. The van der Waals surface area contributed by atoms with Gasteiger partial charge in [-0.2, -0.15) is 5.10 Å². The summed E-state index contributed by atoms with van der Waals surface area (Å²) < 4.78 is 1.41. The molecule has 3 heterocycles. The van der Waals surface area contributed by atoms with Crippen LogP contribution >= 0.6 is 11.6 Å². The number of carboxylic acid groups (broad SMARTS) is 1. The number of benzene rings is 2. The van der Waals surface area contributed by atoms with Crippen molar-refractivity contribution in [3.63, 3.8) is 0 Å². The number of aromatic nitrogens is 2. The molecule has 5 rings (SSSR count). The number of halogens is 1. The summed E-state index contributed by atoms with van der Waals surface area (Å²) in [6.07, 6.45) is 1.41. The monoisotopic (exact) mass is 436 g/mol. The van der Waals surface area contributed by atoms with Crippen molar-refractivity contribution in [2.24, 2.45) is 0 Å². The third-order valence-electron chi connectivity index (χ3n) is 5.98. The van der Waals surface area contributed by atoms with Gasteiger partial charge in [0.25, 0.3) is 5.91 Å². The molecule has 0 radical (unpaired) electrons. The molecule has 2 aromatic carbocycles. The molecule has 0 unspecified atom stereocenters. The van der Waals surface area contributed by atoms with E-state index in [1.165, 1.54) is 15.8 Å². The predicted octanol–water partition coefficient (Wildman–Crippen LogP) is 3.41. The Labute approximate surface area is 184 Å². The zero-order valence-corrected chi connectivity index (χ0v) is 17.8. The van der Waals surface area contributed by atoms with Crippen LogP contribution in [0.4, 0.5) is 5.69 Å². The van der Waals surface area contributed by atoms with E-state index in [1.807, 2.05) is 6.07 Å². The van der Waals surface area contributed by atoms with Crippen molar-refractivity contribution in [3.8, 4) is 5.69 Å². The molecule has 2 aliphatic heterocycles. The van der Waals surface area contributed by atoms with E-state index in [0.717, 1.165) is 25.2 Å². The van der Waals surface area contributed by atoms with Gasteiger partial charge in [0, 0.05) is 35.9 Å². The van der Waals surface area contributed by atoms with Gasteiger partial charge in [0.2, 0.25) is 0 Å². The van der Waals surface area contributed by atoms with Crippen molar-refractivity contribution in [1.82, 2.24) is 14.7 Å². The summed E-state index contributed by atoms with van der Waals surface area (Å²) in [7, 11) is 2.09. The SMILES string of the molecule is CN1CCc2ccc(N3CCc4c(C(=O)O)nn(-c5cccc(Cl)c5)c4C3=O)cc2C1. The van der Waals surface area contributed by atoms with E-state index in [2.05, 4.69) is 29.2 Å². The average molecular weight is 437 g/mol. The zero-order chi connectivity index (χ0) is 21.7. The van der Waals surface area contributed by atoms with Gasteiger partial charge in [0.15, 0.2) is 5.69 Å². The Balaban J connectivity index is 1.59. The van der Waals surface area contributed by atoms with Gasteiger partial charge < -0.3 is 14.9 Å². The van der Waals surface area contributed by atoms with Crippen LogP contribution in [0.3, 0.4) is 0 Å². The molecule has 7 nitrogen and oxygen atoms in total. The second-order valence-electron chi connectivity index (χ2n) is 8.02. The highest BCUT2D eigenvalue weighted by Crippen LogP contribution is 2.31. The van der Waals surface area contributed by atoms with Crippen molar-refractivity contribution < 1.29 is 14.7 Å². The predicted molar refractivity (Wildman–Crippen MR) is 117 cm³/mol. The first-order chi connectivity index (χ1) is 14.9. The fraction of sp³-hybridized carbons (Fsp3) is 0.261. The van der Waals surface area contributed by atoms with E-state index in [0.29, 0.717) is 29.2 Å². The molecule has 1 amide bonds. The molecular formula is C23H21ClN4O3. The number of hydrogen-bond donors (Lipinski definition) is 1. The van der Waals surface area contributed by atoms with Crippen molar-refractivity contribution in [2.45, 2.75) is 19.4 Å². The summed E-state index contributed by atoms with van der Waals surface area (Å²) in [6, 6.07) is 13.0. The lowest BCUT2D eigenvalue weighted by Crippen LogP contribution is -2.39. The molecular weight excluding hydrogens is 416 g/mol. The Kier molecular flexibility index (Phi) is 4.79. The van der Waals surface area contributed by atoms with Gasteiger partial charge >= 0.3 is 5.97 Å². The zero-order valence-electron chi connectivity index (χ0n) is 17.0. The number of rotatable bonds is 3. The fourth-order valence-electron chi connectivity index (χ4n) is 4.43. The molecule has 0 aliphatic carbocycles.